The number of carbonyl (C=O) groups is 1. The Morgan fingerprint density at radius 2 is 2.40 bits per heavy atom. The predicted octanol–water partition coefficient (Wildman–Crippen LogP) is 1.64. The van der Waals surface area contributed by atoms with Crippen molar-refractivity contribution in [1.29, 1.82) is 0 Å². The molecule has 1 aliphatic rings. The van der Waals surface area contributed by atoms with E-state index in [9.17, 15) is 4.79 Å². The van der Waals surface area contributed by atoms with Crippen molar-refractivity contribution < 1.29 is 4.79 Å². The van der Waals surface area contributed by atoms with Gasteiger partial charge in [-0.25, -0.2) is 0 Å². The molecule has 1 aliphatic carbocycles. The summed E-state index contributed by atoms with van der Waals surface area (Å²) in [5.74, 6) is 0. The first-order valence-corrected chi connectivity index (χ1v) is 3.54. The molecule has 0 aromatic carbocycles. The first-order valence-electron chi connectivity index (χ1n) is 3.54. The van der Waals surface area contributed by atoms with Crippen LogP contribution in [0.5, 0.6) is 0 Å². The highest BCUT2D eigenvalue weighted by molar-refractivity contribution is 5.72. The van der Waals surface area contributed by atoms with E-state index in [1.165, 1.54) is 12.8 Å². The summed E-state index contributed by atoms with van der Waals surface area (Å²) in [6.07, 6.45) is 5.35. The first kappa shape index (κ1) is 5.71. The molecule has 2 heteroatoms. The molecular formula is C8H9NO. The van der Waals surface area contributed by atoms with Gasteiger partial charge >= 0.3 is 0 Å². The van der Waals surface area contributed by atoms with Crippen LogP contribution in [0.2, 0.25) is 0 Å². The molecule has 0 saturated heterocycles. The van der Waals surface area contributed by atoms with Gasteiger partial charge in [-0.15, -0.1) is 0 Å². The van der Waals surface area contributed by atoms with E-state index in [2.05, 4.69) is 0 Å². The fourth-order valence-corrected chi connectivity index (χ4v) is 1.19. The molecule has 1 fully saturated rings. The van der Waals surface area contributed by atoms with Crippen molar-refractivity contribution in [2.75, 3.05) is 0 Å². The molecule has 0 amide bonds. The van der Waals surface area contributed by atoms with Crippen molar-refractivity contribution in [3.8, 4) is 0 Å². The van der Waals surface area contributed by atoms with Crippen molar-refractivity contribution in [2.45, 2.75) is 18.9 Å². The van der Waals surface area contributed by atoms with Gasteiger partial charge in [0, 0.05) is 12.2 Å². The Bertz CT molecular complexity index is 248. The summed E-state index contributed by atoms with van der Waals surface area (Å²) in [7, 11) is 0. The van der Waals surface area contributed by atoms with E-state index >= 15 is 0 Å². The third-order valence-corrected chi connectivity index (χ3v) is 1.87. The van der Waals surface area contributed by atoms with Gasteiger partial charge in [0.1, 0.15) is 0 Å². The second-order valence-electron chi connectivity index (χ2n) is 2.69. The minimum atomic E-state index is 0.621. The molecule has 1 aromatic heterocycles. The van der Waals surface area contributed by atoms with E-state index in [0.29, 0.717) is 6.04 Å². The summed E-state index contributed by atoms with van der Waals surface area (Å²) < 4.78 is 2.05. The van der Waals surface area contributed by atoms with Gasteiger partial charge in [0.25, 0.3) is 0 Å². The van der Waals surface area contributed by atoms with Crippen LogP contribution in [0.1, 0.15) is 29.4 Å². The number of hydrogen-bond acceptors (Lipinski definition) is 1. The Kier molecular flexibility index (Phi) is 1.13. The molecular weight excluding hydrogens is 126 g/mol. The van der Waals surface area contributed by atoms with E-state index in [-0.39, 0.29) is 0 Å². The molecule has 2 rings (SSSR count). The van der Waals surface area contributed by atoms with Gasteiger partial charge in [0.2, 0.25) is 0 Å². The van der Waals surface area contributed by atoms with E-state index in [1.807, 2.05) is 22.9 Å². The summed E-state index contributed by atoms with van der Waals surface area (Å²) in [5.41, 5.74) is 0.808. The fourth-order valence-electron chi connectivity index (χ4n) is 1.19. The van der Waals surface area contributed by atoms with Gasteiger partial charge in [-0.3, -0.25) is 4.79 Å². The zero-order valence-electron chi connectivity index (χ0n) is 5.66. The van der Waals surface area contributed by atoms with E-state index in [0.717, 1.165) is 12.0 Å². The third kappa shape index (κ3) is 0.764. The normalized spacial score (nSPS) is 17.2. The molecule has 2 nitrogen and oxygen atoms in total. The minimum absolute atomic E-state index is 0.621. The summed E-state index contributed by atoms with van der Waals surface area (Å²) in [4.78, 5) is 10.4. The lowest BCUT2D eigenvalue weighted by Crippen LogP contribution is -1.96. The van der Waals surface area contributed by atoms with Crippen molar-refractivity contribution in [1.82, 2.24) is 4.57 Å². The number of hydrogen-bond donors (Lipinski definition) is 0. The molecule has 0 N–H and O–H groups in total. The number of carbonyl (C=O) groups excluding carboxylic acids is 1. The molecule has 0 radical (unpaired) electrons. The Morgan fingerprint density at radius 3 is 3.00 bits per heavy atom. The fraction of sp³-hybridized carbons (Fsp3) is 0.375. The summed E-state index contributed by atoms with van der Waals surface area (Å²) in [5, 5.41) is 0. The lowest BCUT2D eigenvalue weighted by Gasteiger charge is -1.99. The summed E-state index contributed by atoms with van der Waals surface area (Å²) >= 11 is 0. The SMILES string of the molecule is O=Cc1cccn1C1CC1. The van der Waals surface area contributed by atoms with E-state index < -0.39 is 0 Å². The standard InChI is InChI=1S/C8H9NO/c10-6-8-2-1-5-9(8)7-3-4-7/h1-2,5-7H,3-4H2. The number of nitrogens with zero attached hydrogens (tertiary/aromatic N) is 1. The largest absolute Gasteiger partial charge is 0.342 e. The quantitative estimate of drug-likeness (QED) is 0.565. The molecule has 0 spiro atoms. The minimum Gasteiger partial charge on any atom is -0.342 e. The molecule has 0 unspecified atom stereocenters. The van der Waals surface area contributed by atoms with Gasteiger partial charge in [0.05, 0.1) is 5.69 Å². The number of rotatable bonds is 2. The Morgan fingerprint density at radius 1 is 1.60 bits per heavy atom. The van der Waals surface area contributed by atoms with Gasteiger partial charge in [-0.1, -0.05) is 0 Å². The Hall–Kier alpha value is -1.05. The average Bonchev–Trinajstić information content (AvgIpc) is 2.69. The molecule has 0 aliphatic heterocycles. The predicted molar refractivity (Wildman–Crippen MR) is 38.1 cm³/mol. The first-order chi connectivity index (χ1) is 4.92. The van der Waals surface area contributed by atoms with Gasteiger partial charge in [0.15, 0.2) is 6.29 Å². The van der Waals surface area contributed by atoms with Crippen LogP contribution < -0.4 is 0 Å². The lowest BCUT2D eigenvalue weighted by atomic mass is 10.5. The van der Waals surface area contributed by atoms with Crippen molar-refractivity contribution in [2.24, 2.45) is 0 Å². The molecule has 1 heterocycles. The maximum absolute atomic E-state index is 10.4. The highest BCUT2D eigenvalue weighted by atomic mass is 16.1. The maximum atomic E-state index is 10.4. The smallest absolute Gasteiger partial charge is 0.166 e. The van der Waals surface area contributed by atoms with Crippen molar-refractivity contribution in [3.05, 3.63) is 24.0 Å². The number of aldehydes is 1. The third-order valence-electron chi connectivity index (χ3n) is 1.87. The maximum Gasteiger partial charge on any atom is 0.166 e. The molecule has 52 valence electrons. The Labute approximate surface area is 59.5 Å². The van der Waals surface area contributed by atoms with Crippen LogP contribution in [0.25, 0.3) is 0 Å². The van der Waals surface area contributed by atoms with Crippen LogP contribution in [0, 0.1) is 0 Å². The van der Waals surface area contributed by atoms with Crippen molar-refractivity contribution in [3.63, 3.8) is 0 Å². The van der Waals surface area contributed by atoms with Crippen LogP contribution in [0.15, 0.2) is 18.3 Å². The summed E-state index contributed by atoms with van der Waals surface area (Å²) in [6, 6.07) is 4.39. The molecule has 0 bridgehead atoms. The molecule has 10 heavy (non-hydrogen) atoms. The molecule has 0 atom stereocenters. The topological polar surface area (TPSA) is 22.0 Å². The van der Waals surface area contributed by atoms with Crippen LogP contribution in [-0.4, -0.2) is 10.9 Å². The summed E-state index contributed by atoms with van der Waals surface area (Å²) in [6.45, 7) is 0. The monoisotopic (exact) mass is 135 g/mol. The van der Waals surface area contributed by atoms with Crippen LogP contribution in [-0.2, 0) is 0 Å². The zero-order valence-corrected chi connectivity index (χ0v) is 5.66. The second kappa shape index (κ2) is 1.97. The molecule has 1 aromatic rings. The van der Waals surface area contributed by atoms with Gasteiger partial charge in [-0.2, -0.15) is 0 Å². The highest BCUT2D eigenvalue weighted by Gasteiger charge is 2.24. The van der Waals surface area contributed by atoms with Crippen LogP contribution in [0.3, 0.4) is 0 Å². The van der Waals surface area contributed by atoms with Crippen molar-refractivity contribution >= 4 is 6.29 Å². The van der Waals surface area contributed by atoms with Crippen LogP contribution >= 0.6 is 0 Å². The molecule has 1 saturated carbocycles. The van der Waals surface area contributed by atoms with Crippen LogP contribution in [0.4, 0.5) is 0 Å². The zero-order chi connectivity index (χ0) is 6.97. The lowest BCUT2D eigenvalue weighted by molar-refractivity contribution is 0.111. The van der Waals surface area contributed by atoms with Gasteiger partial charge < -0.3 is 4.57 Å². The van der Waals surface area contributed by atoms with E-state index in [4.69, 9.17) is 0 Å². The average molecular weight is 135 g/mol. The Balaban J connectivity index is 2.37. The van der Waals surface area contributed by atoms with E-state index in [1.54, 1.807) is 0 Å². The highest BCUT2D eigenvalue weighted by Crippen LogP contribution is 2.35. The number of aromatic nitrogens is 1. The second-order valence-corrected chi connectivity index (χ2v) is 2.69. The van der Waals surface area contributed by atoms with Gasteiger partial charge in [-0.05, 0) is 25.0 Å².